The van der Waals surface area contributed by atoms with Crippen LogP contribution in [0.5, 0.6) is 0 Å². The molecule has 13 heavy (non-hydrogen) atoms. The summed E-state index contributed by atoms with van der Waals surface area (Å²) in [7, 11) is 0. The maximum atomic E-state index is 5.55. The number of rotatable bonds is 3. The monoisotopic (exact) mass is 183 g/mol. The number of nitrogens with zero attached hydrogens (tertiary/aromatic N) is 1. The first kappa shape index (κ1) is 9.47. The van der Waals surface area contributed by atoms with Gasteiger partial charge in [-0.2, -0.15) is 0 Å². The summed E-state index contributed by atoms with van der Waals surface area (Å²) in [6.07, 6.45) is 4.03. The van der Waals surface area contributed by atoms with Crippen molar-refractivity contribution in [2.24, 2.45) is 5.92 Å². The van der Waals surface area contributed by atoms with Crippen LogP contribution in [0.2, 0.25) is 0 Å². The van der Waals surface area contributed by atoms with E-state index in [9.17, 15) is 0 Å². The van der Waals surface area contributed by atoms with Crippen molar-refractivity contribution in [3.63, 3.8) is 0 Å². The van der Waals surface area contributed by atoms with Gasteiger partial charge in [-0.3, -0.25) is 4.90 Å². The van der Waals surface area contributed by atoms with Gasteiger partial charge in [0.2, 0.25) is 0 Å². The van der Waals surface area contributed by atoms with Crippen molar-refractivity contribution in [3.8, 4) is 0 Å². The normalized spacial score (nSPS) is 29.1. The molecule has 76 valence electrons. The van der Waals surface area contributed by atoms with Crippen LogP contribution in [0.1, 0.15) is 33.1 Å². The fraction of sp³-hybridized carbons (Fsp3) is 1.00. The molecule has 1 heterocycles. The second-order valence-corrected chi connectivity index (χ2v) is 4.74. The van der Waals surface area contributed by atoms with Crippen molar-refractivity contribution in [3.05, 3.63) is 0 Å². The zero-order valence-electron chi connectivity index (χ0n) is 8.88. The van der Waals surface area contributed by atoms with E-state index in [4.69, 9.17) is 4.74 Å². The van der Waals surface area contributed by atoms with Crippen molar-refractivity contribution in [1.82, 2.24) is 4.90 Å². The molecular weight excluding hydrogens is 162 g/mol. The van der Waals surface area contributed by atoms with E-state index < -0.39 is 0 Å². The lowest BCUT2D eigenvalue weighted by Gasteiger charge is -2.37. The van der Waals surface area contributed by atoms with E-state index in [0.29, 0.717) is 5.54 Å². The van der Waals surface area contributed by atoms with Crippen molar-refractivity contribution in [1.29, 1.82) is 0 Å². The molecule has 2 heteroatoms. The van der Waals surface area contributed by atoms with Gasteiger partial charge >= 0.3 is 0 Å². The molecule has 0 aromatic heterocycles. The summed E-state index contributed by atoms with van der Waals surface area (Å²) in [5.74, 6) is 0.843. The summed E-state index contributed by atoms with van der Waals surface area (Å²) in [5.41, 5.74) is 0.488. The highest BCUT2D eigenvalue weighted by Gasteiger charge is 2.49. The molecule has 0 N–H and O–H groups in total. The predicted molar refractivity (Wildman–Crippen MR) is 53.8 cm³/mol. The van der Waals surface area contributed by atoms with Gasteiger partial charge in [0.15, 0.2) is 0 Å². The van der Waals surface area contributed by atoms with Gasteiger partial charge in [-0.15, -0.1) is 0 Å². The van der Waals surface area contributed by atoms with Gasteiger partial charge in [-0.25, -0.2) is 0 Å². The van der Waals surface area contributed by atoms with Crippen LogP contribution >= 0.6 is 0 Å². The largest absolute Gasteiger partial charge is 0.378 e. The first-order valence-corrected chi connectivity index (χ1v) is 5.60. The molecule has 0 amide bonds. The Morgan fingerprint density at radius 2 is 2.23 bits per heavy atom. The van der Waals surface area contributed by atoms with Gasteiger partial charge in [0.05, 0.1) is 13.2 Å². The highest BCUT2D eigenvalue weighted by atomic mass is 16.5. The number of morpholine rings is 1. The zero-order valence-corrected chi connectivity index (χ0v) is 8.88. The minimum atomic E-state index is 0.488. The molecule has 0 aromatic rings. The summed E-state index contributed by atoms with van der Waals surface area (Å²) < 4.78 is 5.55. The molecular formula is C11H21NO. The molecule has 1 atom stereocenters. The van der Waals surface area contributed by atoms with Crippen molar-refractivity contribution < 1.29 is 4.74 Å². The maximum absolute atomic E-state index is 5.55. The van der Waals surface area contributed by atoms with E-state index in [2.05, 4.69) is 18.7 Å². The van der Waals surface area contributed by atoms with Crippen LogP contribution in [-0.4, -0.2) is 36.7 Å². The van der Waals surface area contributed by atoms with E-state index >= 15 is 0 Å². The summed E-state index contributed by atoms with van der Waals surface area (Å²) in [5, 5.41) is 0. The predicted octanol–water partition coefficient (Wildman–Crippen LogP) is 1.90. The minimum absolute atomic E-state index is 0.488. The first-order valence-electron chi connectivity index (χ1n) is 5.60. The third-order valence-corrected chi connectivity index (χ3v) is 3.60. The Bertz CT molecular complexity index is 177. The van der Waals surface area contributed by atoms with E-state index in [-0.39, 0.29) is 0 Å². The number of hydrogen-bond donors (Lipinski definition) is 0. The molecule has 1 spiro atoms. The van der Waals surface area contributed by atoms with Crippen molar-refractivity contribution in [2.75, 3.05) is 26.3 Å². The third kappa shape index (κ3) is 1.89. The second-order valence-electron chi connectivity index (χ2n) is 4.74. The van der Waals surface area contributed by atoms with Gasteiger partial charge < -0.3 is 4.74 Å². The molecule has 1 aliphatic heterocycles. The minimum Gasteiger partial charge on any atom is -0.378 e. The van der Waals surface area contributed by atoms with E-state index in [1.165, 1.54) is 25.8 Å². The number of hydrogen-bond acceptors (Lipinski definition) is 2. The fourth-order valence-electron chi connectivity index (χ4n) is 2.16. The van der Waals surface area contributed by atoms with Crippen molar-refractivity contribution >= 4 is 0 Å². The summed E-state index contributed by atoms with van der Waals surface area (Å²) in [4.78, 5) is 2.67. The quantitative estimate of drug-likeness (QED) is 0.662. The van der Waals surface area contributed by atoms with Gasteiger partial charge in [0.25, 0.3) is 0 Å². The average Bonchev–Trinajstić information content (AvgIpc) is 2.90. The molecule has 0 bridgehead atoms. The molecule has 2 nitrogen and oxygen atoms in total. The molecule has 1 saturated carbocycles. The van der Waals surface area contributed by atoms with Gasteiger partial charge in [-0.1, -0.05) is 20.3 Å². The first-order chi connectivity index (χ1) is 6.27. The lowest BCUT2D eigenvalue weighted by molar-refractivity contribution is -0.0261. The SMILES string of the molecule is CCC(C)CN1CCOCC12CC2. The Morgan fingerprint density at radius 3 is 2.85 bits per heavy atom. The standard InChI is InChI=1S/C11H21NO/c1-3-10(2)8-12-6-7-13-9-11(12)4-5-11/h10H,3-9H2,1-2H3. The smallest absolute Gasteiger partial charge is 0.0651 e. The number of ether oxygens (including phenoxy) is 1. The Morgan fingerprint density at radius 1 is 1.46 bits per heavy atom. The summed E-state index contributed by atoms with van der Waals surface area (Å²) in [6, 6.07) is 0. The van der Waals surface area contributed by atoms with Crippen LogP contribution in [0.15, 0.2) is 0 Å². The van der Waals surface area contributed by atoms with Crippen LogP contribution in [0.4, 0.5) is 0 Å². The average molecular weight is 183 g/mol. The third-order valence-electron chi connectivity index (χ3n) is 3.60. The molecule has 1 aliphatic carbocycles. The molecule has 2 rings (SSSR count). The molecule has 0 radical (unpaired) electrons. The molecule has 0 aromatic carbocycles. The summed E-state index contributed by atoms with van der Waals surface area (Å²) >= 11 is 0. The van der Waals surface area contributed by atoms with Gasteiger partial charge in [0, 0.05) is 18.6 Å². The van der Waals surface area contributed by atoms with Crippen LogP contribution < -0.4 is 0 Å². The Kier molecular flexibility index (Phi) is 2.61. The highest BCUT2D eigenvalue weighted by Crippen LogP contribution is 2.43. The Hall–Kier alpha value is -0.0800. The Labute approximate surface area is 81.3 Å². The lowest BCUT2D eigenvalue weighted by atomic mass is 10.1. The van der Waals surface area contributed by atoms with Gasteiger partial charge in [-0.05, 0) is 18.8 Å². The molecule has 2 fully saturated rings. The zero-order chi connectivity index (χ0) is 9.31. The summed E-state index contributed by atoms with van der Waals surface area (Å²) in [6.45, 7) is 9.00. The molecule has 2 aliphatic rings. The van der Waals surface area contributed by atoms with E-state index in [1.807, 2.05) is 0 Å². The van der Waals surface area contributed by atoms with Crippen LogP contribution in [0, 0.1) is 5.92 Å². The molecule has 1 saturated heterocycles. The second kappa shape index (κ2) is 3.58. The van der Waals surface area contributed by atoms with Crippen LogP contribution in [0.3, 0.4) is 0 Å². The Balaban J connectivity index is 1.89. The van der Waals surface area contributed by atoms with Crippen molar-refractivity contribution in [2.45, 2.75) is 38.6 Å². The fourth-order valence-corrected chi connectivity index (χ4v) is 2.16. The topological polar surface area (TPSA) is 12.5 Å². The highest BCUT2D eigenvalue weighted by molar-refractivity contribution is 5.05. The van der Waals surface area contributed by atoms with Gasteiger partial charge in [0.1, 0.15) is 0 Å². The van der Waals surface area contributed by atoms with Crippen LogP contribution in [0.25, 0.3) is 0 Å². The van der Waals surface area contributed by atoms with E-state index in [0.717, 1.165) is 25.7 Å². The van der Waals surface area contributed by atoms with E-state index in [1.54, 1.807) is 0 Å². The lowest BCUT2D eigenvalue weighted by Crippen LogP contribution is -2.49. The molecule has 1 unspecified atom stereocenters. The maximum Gasteiger partial charge on any atom is 0.0651 e. The van der Waals surface area contributed by atoms with Crippen LogP contribution in [-0.2, 0) is 4.74 Å².